The largest absolute Gasteiger partial charge is 0.379 e. The molecule has 0 spiro atoms. The predicted molar refractivity (Wildman–Crippen MR) is 88.8 cm³/mol. The minimum absolute atomic E-state index is 0.423. The third-order valence-corrected chi connectivity index (χ3v) is 3.81. The van der Waals surface area contributed by atoms with Crippen molar-refractivity contribution in [3.63, 3.8) is 0 Å². The van der Waals surface area contributed by atoms with Gasteiger partial charge in [-0.25, -0.2) is 4.98 Å². The lowest BCUT2D eigenvalue weighted by molar-refractivity contribution is 0.924. The number of imidazole rings is 1. The van der Waals surface area contributed by atoms with Crippen LogP contribution in [0.2, 0.25) is 0 Å². The molecule has 23 heavy (non-hydrogen) atoms. The number of benzene rings is 1. The molecule has 6 heteroatoms. The number of rotatable bonds is 4. The molecule has 0 amide bonds. The van der Waals surface area contributed by atoms with Gasteiger partial charge in [-0.3, -0.25) is 0 Å². The number of aryl methyl sites for hydroxylation is 1. The number of aromatic nitrogens is 3. The number of fused-ring (bicyclic) bond motifs is 1. The fourth-order valence-electron chi connectivity index (χ4n) is 2.53. The molecule has 1 fully saturated rings. The summed E-state index contributed by atoms with van der Waals surface area (Å²) < 4.78 is 1.59. The maximum Gasteiger partial charge on any atom is 0.178 e. The van der Waals surface area contributed by atoms with Gasteiger partial charge in [-0.2, -0.15) is 9.78 Å². The highest BCUT2D eigenvalue weighted by Gasteiger charge is 2.23. The fourth-order valence-corrected chi connectivity index (χ4v) is 2.53. The second kappa shape index (κ2) is 5.29. The lowest BCUT2D eigenvalue weighted by Crippen LogP contribution is -2.07. The van der Waals surface area contributed by atoms with E-state index in [1.54, 1.807) is 10.7 Å². The lowest BCUT2D eigenvalue weighted by atomic mass is 10.2. The standard InChI is InChI=1S/C17H16N6/c1-11-3-2-4-13(7-11)21-16-8-15(20-12-5-6-12)17-19-10-14(9-18)23(17)22-16/h2-4,7-8,10,12,20H,5-6H2,1H3,(H,21,22). The Morgan fingerprint density at radius 3 is 2.91 bits per heavy atom. The van der Waals surface area contributed by atoms with E-state index >= 15 is 0 Å². The summed E-state index contributed by atoms with van der Waals surface area (Å²) in [6.07, 6.45) is 3.89. The van der Waals surface area contributed by atoms with Crippen molar-refractivity contribution in [3.8, 4) is 6.07 Å². The SMILES string of the molecule is Cc1cccc(Nc2cc(NC3CC3)c3ncc(C#N)n3n2)c1. The van der Waals surface area contributed by atoms with Crippen molar-refractivity contribution < 1.29 is 0 Å². The highest BCUT2D eigenvalue weighted by atomic mass is 15.3. The van der Waals surface area contributed by atoms with Crippen LogP contribution >= 0.6 is 0 Å². The molecule has 0 saturated heterocycles. The zero-order chi connectivity index (χ0) is 15.8. The number of nitriles is 1. The Morgan fingerprint density at radius 2 is 2.17 bits per heavy atom. The topological polar surface area (TPSA) is 78.0 Å². The van der Waals surface area contributed by atoms with Crippen LogP contribution in [0.25, 0.3) is 5.65 Å². The molecule has 4 rings (SSSR count). The summed E-state index contributed by atoms with van der Waals surface area (Å²) in [5.41, 5.74) is 4.15. The van der Waals surface area contributed by atoms with Crippen molar-refractivity contribution in [2.75, 3.05) is 10.6 Å². The molecular formula is C17H16N6. The van der Waals surface area contributed by atoms with Gasteiger partial charge >= 0.3 is 0 Å². The van der Waals surface area contributed by atoms with E-state index in [9.17, 15) is 5.26 Å². The molecule has 0 unspecified atom stereocenters. The molecule has 1 aliphatic rings. The molecule has 2 aromatic heterocycles. The van der Waals surface area contributed by atoms with Crippen LogP contribution in [-0.4, -0.2) is 20.6 Å². The summed E-state index contributed by atoms with van der Waals surface area (Å²) in [7, 11) is 0. The number of nitrogens with zero attached hydrogens (tertiary/aromatic N) is 4. The van der Waals surface area contributed by atoms with E-state index in [1.807, 2.05) is 31.2 Å². The van der Waals surface area contributed by atoms with Crippen LogP contribution in [0.1, 0.15) is 24.1 Å². The third kappa shape index (κ3) is 2.69. The fraction of sp³-hybridized carbons (Fsp3) is 0.235. The first-order valence-electron chi connectivity index (χ1n) is 7.62. The summed E-state index contributed by atoms with van der Waals surface area (Å²) in [6, 6.07) is 12.7. The molecule has 2 N–H and O–H groups in total. The summed E-state index contributed by atoms with van der Waals surface area (Å²) in [5, 5.41) is 20.5. The zero-order valence-corrected chi connectivity index (χ0v) is 12.7. The van der Waals surface area contributed by atoms with Gasteiger partial charge in [0.2, 0.25) is 0 Å². The van der Waals surface area contributed by atoms with Gasteiger partial charge in [-0.05, 0) is 37.5 Å². The van der Waals surface area contributed by atoms with Crippen molar-refractivity contribution in [3.05, 3.63) is 47.8 Å². The van der Waals surface area contributed by atoms with Crippen molar-refractivity contribution in [1.82, 2.24) is 14.6 Å². The Balaban J connectivity index is 1.77. The van der Waals surface area contributed by atoms with Gasteiger partial charge in [0.05, 0.1) is 11.9 Å². The molecule has 0 aliphatic heterocycles. The quantitative estimate of drug-likeness (QED) is 0.773. The molecule has 2 heterocycles. The highest BCUT2D eigenvalue weighted by molar-refractivity contribution is 5.73. The second-order valence-electron chi connectivity index (χ2n) is 5.85. The van der Waals surface area contributed by atoms with Crippen molar-refractivity contribution in [2.24, 2.45) is 0 Å². The third-order valence-electron chi connectivity index (χ3n) is 3.81. The molecular weight excluding hydrogens is 288 g/mol. The van der Waals surface area contributed by atoms with Crippen LogP contribution < -0.4 is 10.6 Å². The molecule has 114 valence electrons. The maximum absolute atomic E-state index is 9.23. The number of hydrogen-bond acceptors (Lipinski definition) is 5. The van der Waals surface area contributed by atoms with Crippen LogP contribution in [-0.2, 0) is 0 Å². The van der Waals surface area contributed by atoms with Crippen LogP contribution in [0.3, 0.4) is 0 Å². The Kier molecular flexibility index (Phi) is 3.12. The van der Waals surface area contributed by atoms with E-state index in [4.69, 9.17) is 0 Å². The van der Waals surface area contributed by atoms with E-state index in [0.717, 1.165) is 11.4 Å². The molecule has 0 bridgehead atoms. The van der Waals surface area contributed by atoms with Gasteiger partial charge in [-0.1, -0.05) is 12.1 Å². The van der Waals surface area contributed by atoms with Crippen LogP contribution in [0, 0.1) is 18.3 Å². The van der Waals surface area contributed by atoms with Gasteiger partial charge in [0.15, 0.2) is 17.2 Å². The lowest BCUT2D eigenvalue weighted by Gasteiger charge is -2.11. The number of anilines is 3. The van der Waals surface area contributed by atoms with Gasteiger partial charge in [0.25, 0.3) is 0 Å². The molecule has 1 aromatic carbocycles. The van der Waals surface area contributed by atoms with Crippen molar-refractivity contribution in [1.29, 1.82) is 5.26 Å². The monoisotopic (exact) mass is 304 g/mol. The minimum Gasteiger partial charge on any atom is -0.379 e. The second-order valence-corrected chi connectivity index (χ2v) is 5.85. The number of hydrogen-bond donors (Lipinski definition) is 2. The van der Waals surface area contributed by atoms with Crippen molar-refractivity contribution in [2.45, 2.75) is 25.8 Å². The summed E-state index contributed by atoms with van der Waals surface area (Å²) >= 11 is 0. The van der Waals surface area contributed by atoms with Gasteiger partial charge in [-0.15, -0.1) is 5.10 Å². The highest BCUT2D eigenvalue weighted by Crippen LogP contribution is 2.29. The molecule has 0 radical (unpaired) electrons. The Morgan fingerprint density at radius 1 is 1.30 bits per heavy atom. The van der Waals surface area contributed by atoms with Crippen LogP contribution in [0.5, 0.6) is 0 Å². The summed E-state index contributed by atoms with van der Waals surface area (Å²) in [4.78, 5) is 4.32. The molecule has 0 atom stereocenters. The first kappa shape index (κ1) is 13.6. The molecule has 6 nitrogen and oxygen atoms in total. The maximum atomic E-state index is 9.23. The predicted octanol–water partition coefficient (Wildman–Crippen LogP) is 3.23. The van der Waals surface area contributed by atoms with Gasteiger partial charge < -0.3 is 10.6 Å². The van der Waals surface area contributed by atoms with E-state index in [0.29, 0.717) is 23.2 Å². The van der Waals surface area contributed by atoms with Crippen LogP contribution in [0.4, 0.5) is 17.2 Å². The Labute approximate surface area is 133 Å². The smallest absolute Gasteiger partial charge is 0.178 e. The average molecular weight is 304 g/mol. The van der Waals surface area contributed by atoms with Gasteiger partial charge in [0, 0.05) is 17.8 Å². The van der Waals surface area contributed by atoms with Crippen molar-refractivity contribution >= 4 is 22.8 Å². The van der Waals surface area contributed by atoms with Gasteiger partial charge in [0.1, 0.15) is 6.07 Å². The van der Waals surface area contributed by atoms with E-state index < -0.39 is 0 Å². The molecule has 1 saturated carbocycles. The Hall–Kier alpha value is -3.07. The molecule has 1 aliphatic carbocycles. The first-order chi connectivity index (χ1) is 11.2. The Bertz CT molecular complexity index is 916. The normalized spacial score (nSPS) is 13.7. The average Bonchev–Trinajstić information content (AvgIpc) is 3.24. The zero-order valence-electron chi connectivity index (χ0n) is 12.7. The summed E-state index contributed by atoms with van der Waals surface area (Å²) in [6.45, 7) is 2.05. The summed E-state index contributed by atoms with van der Waals surface area (Å²) in [5.74, 6) is 0.681. The first-order valence-corrected chi connectivity index (χ1v) is 7.62. The van der Waals surface area contributed by atoms with E-state index in [2.05, 4.69) is 32.9 Å². The van der Waals surface area contributed by atoms with E-state index in [-0.39, 0.29) is 0 Å². The minimum atomic E-state index is 0.423. The van der Waals surface area contributed by atoms with E-state index in [1.165, 1.54) is 18.4 Å². The van der Waals surface area contributed by atoms with Crippen LogP contribution in [0.15, 0.2) is 36.5 Å². The molecule has 3 aromatic rings. The number of nitrogens with one attached hydrogen (secondary N) is 2.